The van der Waals surface area contributed by atoms with E-state index in [1.54, 1.807) is 0 Å². The van der Waals surface area contributed by atoms with Crippen LogP contribution in [0.5, 0.6) is 0 Å². The summed E-state index contributed by atoms with van der Waals surface area (Å²) in [4.78, 5) is 5.22. The van der Waals surface area contributed by atoms with Crippen molar-refractivity contribution < 1.29 is 0 Å². The second kappa shape index (κ2) is 6.82. The largest absolute Gasteiger partial charge is 0.369 e. The van der Waals surface area contributed by atoms with Crippen molar-refractivity contribution in [2.24, 2.45) is 0 Å². The van der Waals surface area contributed by atoms with Crippen LogP contribution in [-0.4, -0.2) is 37.1 Å². The Bertz CT molecular complexity index is 402. The predicted molar refractivity (Wildman–Crippen MR) is 86.7 cm³/mol. The van der Waals surface area contributed by atoms with Gasteiger partial charge in [-0.2, -0.15) is 0 Å². The summed E-state index contributed by atoms with van der Waals surface area (Å²) in [5, 5.41) is 0.825. The summed E-state index contributed by atoms with van der Waals surface area (Å²) in [5.41, 5.74) is 1.31. The molecule has 2 fully saturated rings. The highest BCUT2D eigenvalue weighted by Crippen LogP contribution is 2.25. The molecule has 0 bridgehead atoms. The maximum absolute atomic E-state index is 5.96. The lowest BCUT2D eigenvalue weighted by atomic mass is 10.1. The van der Waals surface area contributed by atoms with Gasteiger partial charge in [-0.15, -0.1) is 0 Å². The minimum absolute atomic E-state index is 0.825. The monoisotopic (exact) mass is 292 g/mol. The van der Waals surface area contributed by atoms with Gasteiger partial charge in [-0.05, 0) is 37.1 Å². The van der Waals surface area contributed by atoms with Crippen LogP contribution in [-0.2, 0) is 0 Å². The van der Waals surface area contributed by atoms with E-state index in [0.29, 0.717) is 0 Å². The molecule has 1 aliphatic carbocycles. The van der Waals surface area contributed by atoms with E-state index in [0.717, 1.165) is 24.2 Å². The Labute approximate surface area is 127 Å². The number of nitrogens with zero attached hydrogens (tertiary/aromatic N) is 2. The van der Waals surface area contributed by atoms with Gasteiger partial charge in [-0.25, -0.2) is 0 Å². The smallest absolute Gasteiger partial charge is 0.0407 e. The number of piperazine rings is 1. The highest BCUT2D eigenvalue weighted by Gasteiger charge is 2.24. The van der Waals surface area contributed by atoms with Gasteiger partial charge in [0, 0.05) is 42.9 Å². The molecule has 0 atom stereocenters. The molecule has 1 aromatic carbocycles. The molecule has 0 unspecified atom stereocenters. The van der Waals surface area contributed by atoms with Crippen molar-refractivity contribution in [3.8, 4) is 0 Å². The number of benzene rings is 1. The Kier molecular flexibility index (Phi) is 4.85. The maximum Gasteiger partial charge on any atom is 0.0407 e. The third-order valence-electron chi connectivity index (χ3n) is 4.85. The molecule has 1 aromatic rings. The number of halogens is 1. The molecule has 3 heteroatoms. The summed E-state index contributed by atoms with van der Waals surface area (Å²) >= 11 is 5.96. The van der Waals surface area contributed by atoms with Gasteiger partial charge in [0.15, 0.2) is 0 Å². The zero-order chi connectivity index (χ0) is 13.8. The molecule has 2 aliphatic rings. The SMILES string of the molecule is Clc1ccc(N2CCN(C3CCCCCC3)CC2)cc1. The second-order valence-electron chi connectivity index (χ2n) is 6.14. The second-order valence-corrected chi connectivity index (χ2v) is 6.58. The van der Waals surface area contributed by atoms with Gasteiger partial charge in [0.05, 0.1) is 0 Å². The number of anilines is 1. The van der Waals surface area contributed by atoms with Crippen LogP contribution >= 0.6 is 11.6 Å². The minimum atomic E-state index is 0.825. The van der Waals surface area contributed by atoms with E-state index in [2.05, 4.69) is 21.9 Å². The average Bonchev–Trinajstić information content (AvgIpc) is 2.77. The Morgan fingerprint density at radius 1 is 0.800 bits per heavy atom. The van der Waals surface area contributed by atoms with Crippen molar-refractivity contribution in [2.45, 2.75) is 44.6 Å². The van der Waals surface area contributed by atoms with Gasteiger partial charge in [-0.3, -0.25) is 4.90 Å². The maximum atomic E-state index is 5.96. The van der Waals surface area contributed by atoms with Crippen LogP contribution in [0.4, 0.5) is 5.69 Å². The molecular weight excluding hydrogens is 268 g/mol. The van der Waals surface area contributed by atoms with Crippen LogP contribution in [0, 0.1) is 0 Å². The van der Waals surface area contributed by atoms with Crippen molar-refractivity contribution in [1.82, 2.24) is 4.90 Å². The molecule has 3 rings (SSSR count). The Morgan fingerprint density at radius 2 is 1.40 bits per heavy atom. The lowest BCUT2D eigenvalue weighted by Crippen LogP contribution is -2.50. The first-order chi connectivity index (χ1) is 9.83. The molecule has 1 aliphatic heterocycles. The molecule has 110 valence electrons. The van der Waals surface area contributed by atoms with Gasteiger partial charge < -0.3 is 4.90 Å². The van der Waals surface area contributed by atoms with E-state index in [4.69, 9.17) is 11.6 Å². The fourth-order valence-electron chi connectivity index (χ4n) is 3.62. The first-order valence-electron chi connectivity index (χ1n) is 8.07. The molecule has 1 saturated heterocycles. The first-order valence-corrected chi connectivity index (χ1v) is 8.45. The van der Waals surface area contributed by atoms with E-state index in [9.17, 15) is 0 Å². The van der Waals surface area contributed by atoms with Gasteiger partial charge in [0.25, 0.3) is 0 Å². The number of hydrogen-bond donors (Lipinski definition) is 0. The molecule has 0 amide bonds. The van der Waals surface area contributed by atoms with Crippen LogP contribution in [0.2, 0.25) is 5.02 Å². The molecule has 1 saturated carbocycles. The van der Waals surface area contributed by atoms with Gasteiger partial charge in [-0.1, -0.05) is 37.3 Å². The lowest BCUT2D eigenvalue weighted by Gasteiger charge is -2.40. The third kappa shape index (κ3) is 3.48. The average molecular weight is 293 g/mol. The topological polar surface area (TPSA) is 6.48 Å². The Hall–Kier alpha value is -0.730. The van der Waals surface area contributed by atoms with E-state index >= 15 is 0 Å². The zero-order valence-electron chi connectivity index (χ0n) is 12.2. The van der Waals surface area contributed by atoms with Crippen molar-refractivity contribution in [1.29, 1.82) is 0 Å². The van der Waals surface area contributed by atoms with Crippen molar-refractivity contribution >= 4 is 17.3 Å². The van der Waals surface area contributed by atoms with Crippen LogP contribution < -0.4 is 4.90 Å². The normalized spacial score (nSPS) is 22.8. The van der Waals surface area contributed by atoms with Gasteiger partial charge in [0.1, 0.15) is 0 Å². The summed E-state index contributed by atoms with van der Waals surface area (Å²) < 4.78 is 0. The van der Waals surface area contributed by atoms with Crippen LogP contribution in [0.3, 0.4) is 0 Å². The quantitative estimate of drug-likeness (QED) is 0.754. The molecule has 0 spiro atoms. The summed E-state index contributed by atoms with van der Waals surface area (Å²) in [6.45, 7) is 4.73. The Morgan fingerprint density at radius 3 is 2.00 bits per heavy atom. The molecule has 2 nitrogen and oxygen atoms in total. The van der Waals surface area contributed by atoms with Crippen LogP contribution in [0.1, 0.15) is 38.5 Å². The molecular formula is C17H25ClN2. The summed E-state index contributed by atoms with van der Waals surface area (Å²) in [7, 11) is 0. The van der Waals surface area contributed by atoms with Gasteiger partial charge >= 0.3 is 0 Å². The molecule has 0 aromatic heterocycles. The number of rotatable bonds is 2. The van der Waals surface area contributed by atoms with Crippen molar-refractivity contribution in [2.75, 3.05) is 31.1 Å². The predicted octanol–water partition coefficient (Wildman–Crippen LogP) is 4.18. The van der Waals surface area contributed by atoms with E-state index in [1.165, 1.54) is 57.3 Å². The highest BCUT2D eigenvalue weighted by molar-refractivity contribution is 6.30. The van der Waals surface area contributed by atoms with Crippen molar-refractivity contribution in [3.05, 3.63) is 29.3 Å². The third-order valence-corrected chi connectivity index (χ3v) is 5.10. The minimum Gasteiger partial charge on any atom is -0.369 e. The van der Waals surface area contributed by atoms with E-state index < -0.39 is 0 Å². The fraction of sp³-hybridized carbons (Fsp3) is 0.647. The summed E-state index contributed by atoms with van der Waals surface area (Å²) in [6, 6.07) is 9.13. The Balaban J connectivity index is 1.54. The van der Waals surface area contributed by atoms with Gasteiger partial charge in [0.2, 0.25) is 0 Å². The van der Waals surface area contributed by atoms with Crippen LogP contribution in [0.25, 0.3) is 0 Å². The molecule has 0 radical (unpaired) electrons. The lowest BCUT2D eigenvalue weighted by molar-refractivity contribution is 0.169. The molecule has 1 heterocycles. The first kappa shape index (κ1) is 14.2. The molecule has 0 N–H and O–H groups in total. The standard InChI is InChI=1S/C17H25ClN2/c18-15-7-9-17(10-8-15)20-13-11-19(12-14-20)16-5-3-1-2-4-6-16/h7-10,16H,1-6,11-14H2. The van der Waals surface area contributed by atoms with E-state index in [1.807, 2.05) is 12.1 Å². The summed E-state index contributed by atoms with van der Waals surface area (Å²) in [5.74, 6) is 0. The highest BCUT2D eigenvalue weighted by atomic mass is 35.5. The zero-order valence-corrected chi connectivity index (χ0v) is 13.0. The van der Waals surface area contributed by atoms with E-state index in [-0.39, 0.29) is 0 Å². The fourth-order valence-corrected chi connectivity index (χ4v) is 3.75. The molecule has 20 heavy (non-hydrogen) atoms. The summed E-state index contributed by atoms with van der Waals surface area (Å²) in [6.07, 6.45) is 8.59. The number of hydrogen-bond acceptors (Lipinski definition) is 2. The van der Waals surface area contributed by atoms with Crippen molar-refractivity contribution in [3.63, 3.8) is 0 Å². The van der Waals surface area contributed by atoms with Crippen LogP contribution in [0.15, 0.2) is 24.3 Å².